The molecule has 0 radical (unpaired) electrons. The van der Waals surface area contributed by atoms with Crippen LogP contribution in [0.5, 0.6) is 0 Å². The molecule has 2 aromatic carbocycles. The van der Waals surface area contributed by atoms with Crippen molar-refractivity contribution in [3.8, 4) is 11.3 Å². The third-order valence-electron chi connectivity index (χ3n) is 4.59. The second-order valence-electron chi connectivity index (χ2n) is 7.35. The number of nitrogens with one attached hydrogen (secondary N) is 1. The van der Waals surface area contributed by atoms with Crippen molar-refractivity contribution in [2.45, 2.75) is 19.9 Å². The van der Waals surface area contributed by atoms with Crippen LogP contribution in [0.4, 0.5) is 0 Å². The Morgan fingerprint density at radius 3 is 2.46 bits per heavy atom. The van der Waals surface area contributed by atoms with E-state index in [1.54, 1.807) is 0 Å². The zero-order valence-electron chi connectivity index (χ0n) is 16.9. The minimum atomic E-state index is -0.0753. The summed E-state index contributed by atoms with van der Waals surface area (Å²) in [6, 6.07) is 18.3. The van der Waals surface area contributed by atoms with Crippen molar-refractivity contribution in [3.63, 3.8) is 0 Å². The average molecular weight is 377 g/mol. The molecule has 146 valence electrons. The number of nitrogens with zero attached hydrogens (tertiary/aromatic N) is 3. The van der Waals surface area contributed by atoms with Gasteiger partial charge in [0.05, 0.1) is 12.1 Å². The maximum Gasteiger partial charge on any atom is 0.255 e. The molecule has 0 saturated carbocycles. The van der Waals surface area contributed by atoms with Gasteiger partial charge in [-0.05, 0) is 39.5 Å². The van der Waals surface area contributed by atoms with Gasteiger partial charge in [-0.25, -0.2) is 0 Å². The first kappa shape index (κ1) is 19.8. The fourth-order valence-electron chi connectivity index (χ4n) is 3.06. The van der Waals surface area contributed by atoms with Crippen molar-refractivity contribution in [1.82, 2.24) is 20.0 Å². The van der Waals surface area contributed by atoms with E-state index < -0.39 is 0 Å². The number of aryl methyl sites for hydroxylation is 1. The fraction of sp³-hybridized carbons (Fsp3) is 0.304. The van der Waals surface area contributed by atoms with Gasteiger partial charge in [0, 0.05) is 18.3 Å². The van der Waals surface area contributed by atoms with E-state index in [-0.39, 0.29) is 5.91 Å². The number of carbonyl (C=O) groups excluding carboxylic acids is 1. The van der Waals surface area contributed by atoms with Gasteiger partial charge >= 0.3 is 0 Å². The number of hydrogen-bond donors (Lipinski definition) is 1. The van der Waals surface area contributed by atoms with Crippen molar-refractivity contribution in [2.24, 2.45) is 0 Å². The van der Waals surface area contributed by atoms with Crippen LogP contribution in [0.3, 0.4) is 0 Å². The monoisotopic (exact) mass is 376 g/mol. The maximum atomic E-state index is 12.8. The van der Waals surface area contributed by atoms with Crippen LogP contribution >= 0.6 is 0 Å². The van der Waals surface area contributed by atoms with E-state index in [1.807, 2.05) is 67.4 Å². The lowest BCUT2D eigenvalue weighted by molar-refractivity contribution is 0.0953. The van der Waals surface area contributed by atoms with Crippen molar-refractivity contribution in [2.75, 3.05) is 27.2 Å². The van der Waals surface area contributed by atoms with Gasteiger partial charge in [-0.1, -0.05) is 60.2 Å². The van der Waals surface area contributed by atoms with E-state index in [2.05, 4.69) is 29.3 Å². The van der Waals surface area contributed by atoms with Gasteiger partial charge in [-0.3, -0.25) is 9.48 Å². The lowest BCUT2D eigenvalue weighted by atomic mass is 10.1. The molecule has 1 N–H and O–H groups in total. The number of aromatic nitrogens is 2. The summed E-state index contributed by atoms with van der Waals surface area (Å²) in [5, 5.41) is 7.76. The van der Waals surface area contributed by atoms with E-state index in [0.29, 0.717) is 18.7 Å². The lowest BCUT2D eigenvalue weighted by Gasteiger charge is -2.10. The molecule has 0 aliphatic heterocycles. The summed E-state index contributed by atoms with van der Waals surface area (Å²) in [7, 11) is 4.07. The van der Waals surface area contributed by atoms with Gasteiger partial charge in [-0.15, -0.1) is 0 Å². The van der Waals surface area contributed by atoms with Crippen LogP contribution in [0.25, 0.3) is 11.3 Å². The van der Waals surface area contributed by atoms with Crippen molar-refractivity contribution in [3.05, 3.63) is 77.5 Å². The van der Waals surface area contributed by atoms with Gasteiger partial charge in [-0.2, -0.15) is 5.10 Å². The fourth-order valence-corrected chi connectivity index (χ4v) is 3.06. The van der Waals surface area contributed by atoms with Gasteiger partial charge in [0.15, 0.2) is 0 Å². The lowest BCUT2D eigenvalue weighted by Crippen LogP contribution is -2.27. The van der Waals surface area contributed by atoms with Crippen LogP contribution in [0.15, 0.2) is 60.8 Å². The largest absolute Gasteiger partial charge is 0.352 e. The smallest absolute Gasteiger partial charge is 0.255 e. The summed E-state index contributed by atoms with van der Waals surface area (Å²) in [4.78, 5) is 15.0. The summed E-state index contributed by atoms with van der Waals surface area (Å²) in [6.07, 6.45) is 2.76. The Bertz CT molecular complexity index is 898. The van der Waals surface area contributed by atoms with Gasteiger partial charge in [0.25, 0.3) is 5.91 Å². The van der Waals surface area contributed by atoms with E-state index in [0.717, 1.165) is 29.8 Å². The van der Waals surface area contributed by atoms with Crippen LogP contribution in [-0.4, -0.2) is 47.8 Å². The molecule has 0 aliphatic rings. The Hall–Kier alpha value is -2.92. The van der Waals surface area contributed by atoms with E-state index in [4.69, 9.17) is 5.10 Å². The molecule has 0 bridgehead atoms. The number of benzene rings is 2. The first-order chi connectivity index (χ1) is 13.5. The number of rotatable bonds is 8. The second-order valence-corrected chi connectivity index (χ2v) is 7.35. The molecule has 0 aliphatic carbocycles. The third kappa shape index (κ3) is 5.30. The van der Waals surface area contributed by atoms with Crippen LogP contribution in [-0.2, 0) is 6.54 Å². The first-order valence-corrected chi connectivity index (χ1v) is 9.64. The van der Waals surface area contributed by atoms with E-state index in [9.17, 15) is 4.79 Å². The Balaban J connectivity index is 1.83. The molecule has 1 amide bonds. The molecule has 3 aromatic rings. The zero-order chi connectivity index (χ0) is 19.9. The van der Waals surface area contributed by atoms with Gasteiger partial charge in [0.2, 0.25) is 0 Å². The number of carbonyl (C=O) groups is 1. The quantitative estimate of drug-likeness (QED) is 0.611. The molecule has 0 atom stereocenters. The molecule has 5 heteroatoms. The molecule has 1 heterocycles. The van der Waals surface area contributed by atoms with Crippen LogP contribution in [0, 0.1) is 6.92 Å². The summed E-state index contributed by atoms with van der Waals surface area (Å²) in [5.41, 5.74) is 4.63. The highest BCUT2D eigenvalue weighted by molar-refractivity contribution is 5.99. The zero-order valence-corrected chi connectivity index (χ0v) is 16.9. The highest BCUT2D eigenvalue weighted by Gasteiger charge is 2.18. The van der Waals surface area contributed by atoms with Gasteiger partial charge < -0.3 is 10.2 Å². The molecule has 3 rings (SSSR count). The van der Waals surface area contributed by atoms with Crippen molar-refractivity contribution >= 4 is 5.91 Å². The van der Waals surface area contributed by atoms with E-state index >= 15 is 0 Å². The number of amides is 1. The highest BCUT2D eigenvalue weighted by Crippen LogP contribution is 2.23. The molecule has 5 nitrogen and oxygen atoms in total. The van der Waals surface area contributed by atoms with Crippen LogP contribution in [0.2, 0.25) is 0 Å². The maximum absolute atomic E-state index is 12.8. The molecule has 0 unspecified atom stereocenters. The Morgan fingerprint density at radius 1 is 1.07 bits per heavy atom. The molecule has 0 spiro atoms. The molecule has 0 saturated heterocycles. The second kappa shape index (κ2) is 9.33. The SMILES string of the molecule is Cc1ccc(-c2nn(Cc3ccccc3)cc2C(=O)NCCCN(C)C)cc1. The Morgan fingerprint density at radius 2 is 1.79 bits per heavy atom. The van der Waals surface area contributed by atoms with Crippen LogP contribution in [0.1, 0.15) is 27.9 Å². The van der Waals surface area contributed by atoms with E-state index in [1.165, 1.54) is 5.56 Å². The highest BCUT2D eigenvalue weighted by atomic mass is 16.1. The minimum Gasteiger partial charge on any atom is -0.352 e. The Kier molecular flexibility index (Phi) is 6.61. The predicted molar refractivity (Wildman–Crippen MR) is 113 cm³/mol. The number of hydrogen-bond acceptors (Lipinski definition) is 3. The van der Waals surface area contributed by atoms with Crippen molar-refractivity contribution < 1.29 is 4.79 Å². The van der Waals surface area contributed by atoms with Gasteiger partial charge in [0.1, 0.15) is 5.69 Å². The standard InChI is InChI=1S/C23H28N4O/c1-18-10-12-20(13-11-18)22-21(23(28)24-14-7-15-26(2)3)17-27(25-22)16-19-8-5-4-6-9-19/h4-6,8-13,17H,7,14-16H2,1-3H3,(H,24,28). The molecular weight excluding hydrogens is 348 g/mol. The summed E-state index contributed by atoms with van der Waals surface area (Å²) in [5.74, 6) is -0.0753. The third-order valence-corrected chi connectivity index (χ3v) is 4.59. The summed E-state index contributed by atoms with van der Waals surface area (Å²) in [6.45, 7) is 4.27. The molecule has 0 fully saturated rings. The van der Waals surface area contributed by atoms with Crippen molar-refractivity contribution in [1.29, 1.82) is 0 Å². The minimum absolute atomic E-state index is 0.0753. The summed E-state index contributed by atoms with van der Waals surface area (Å²) >= 11 is 0. The van der Waals surface area contributed by atoms with Crippen LogP contribution < -0.4 is 5.32 Å². The Labute approximate surface area is 167 Å². The molecular formula is C23H28N4O. The predicted octanol–water partition coefficient (Wildman–Crippen LogP) is 3.59. The molecule has 28 heavy (non-hydrogen) atoms. The topological polar surface area (TPSA) is 50.2 Å². The first-order valence-electron chi connectivity index (χ1n) is 9.64. The average Bonchev–Trinajstić information content (AvgIpc) is 3.10. The molecule has 1 aromatic heterocycles. The summed E-state index contributed by atoms with van der Waals surface area (Å²) < 4.78 is 1.85. The normalized spacial score (nSPS) is 11.0.